The van der Waals surface area contributed by atoms with Crippen LogP contribution in [0, 0.1) is 0 Å². The van der Waals surface area contributed by atoms with Crippen molar-refractivity contribution in [3.05, 3.63) is 53.4 Å². The molecule has 1 saturated heterocycles. The zero-order valence-electron chi connectivity index (χ0n) is 13.2. The van der Waals surface area contributed by atoms with Crippen LogP contribution in [0.15, 0.2) is 42.0 Å². The molecule has 3 aromatic rings. The van der Waals surface area contributed by atoms with E-state index in [1.807, 2.05) is 30.8 Å². The number of imidazole rings is 1. The molecule has 2 aromatic heterocycles. The quantitative estimate of drug-likeness (QED) is 0.795. The molecule has 4 nitrogen and oxygen atoms in total. The second-order valence-electron chi connectivity index (χ2n) is 6.07. The van der Waals surface area contributed by atoms with Crippen molar-refractivity contribution < 1.29 is 4.74 Å². The van der Waals surface area contributed by atoms with Gasteiger partial charge in [0.25, 0.3) is 0 Å². The first-order valence-electron chi connectivity index (χ1n) is 8.10. The van der Waals surface area contributed by atoms with Crippen LogP contribution in [0.25, 0.3) is 10.1 Å². The number of thiophene rings is 1. The number of aromatic nitrogens is 2. The van der Waals surface area contributed by atoms with E-state index < -0.39 is 0 Å². The predicted octanol–water partition coefficient (Wildman–Crippen LogP) is 3.64. The van der Waals surface area contributed by atoms with Gasteiger partial charge in [-0.05, 0) is 35.2 Å². The van der Waals surface area contributed by atoms with Crippen LogP contribution in [0.1, 0.15) is 30.3 Å². The number of nitrogens with zero attached hydrogens (tertiary/aromatic N) is 2. The smallest absolute Gasteiger partial charge is 0.139 e. The highest BCUT2D eigenvalue weighted by Crippen LogP contribution is 2.29. The van der Waals surface area contributed by atoms with Crippen molar-refractivity contribution >= 4 is 21.4 Å². The van der Waals surface area contributed by atoms with Gasteiger partial charge in [-0.2, -0.15) is 0 Å². The molecule has 1 aliphatic rings. The van der Waals surface area contributed by atoms with Gasteiger partial charge in [0.05, 0.1) is 0 Å². The fraction of sp³-hybridized carbons (Fsp3) is 0.389. The van der Waals surface area contributed by atoms with Crippen LogP contribution in [-0.2, 0) is 18.3 Å². The summed E-state index contributed by atoms with van der Waals surface area (Å²) in [6, 6.07) is 8.91. The Labute approximate surface area is 140 Å². The van der Waals surface area contributed by atoms with Crippen LogP contribution in [0.4, 0.5) is 0 Å². The highest BCUT2D eigenvalue weighted by atomic mass is 32.1. The van der Waals surface area contributed by atoms with Gasteiger partial charge in [0.2, 0.25) is 0 Å². The van der Waals surface area contributed by atoms with Gasteiger partial charge in [-0.3, -0.25) is 0 Å². The molecule has 4 rings (SSSR count). The Balaban J connectivity index is 1.51. The molecule has 1 fully saturated rings. The van der Waals surface area contributed by atoms with E-state index in [4.69, 9.17) is 4.74 Å². The van der Waals surface area contributed by atoms with Crippen LogP contribution in [0.3, 0.4) is 0 Å². The van der Waals surface area contributed by atoms with E-state index in [0.717, 1.165) is 31.8 Å². The summed E-state index contributed by atoms with van der Waals surface area (Å²) < 4.78 is 9.44. The average Bonchev–Trinajstić information content (AvgIpc) is 3.19. The second kappa shape index (κ2) is 6.43. The summed E-state index contributed by atoms with van der Waals surface area (Å²) in [5.74, 6) is 1.01. The molecule has 0 bridgehead atoms. The highest BCUT2D eigenvalue weighted by molar-refractivity contribution is 7.17. The first kappa shape index (κ1) is 14.9. The second-order valence-corrected chi connectivity index (χ2v) is 6.99. The minimum atomic E-state index is 0.0358. The minimum Gasteiger partial charge on any atom is -0.369 e. The van der Waals surface area contributed by atoms with Gasteiger partial charge in [-0.1, -0.05) is 18.2 Å². The summed E-state index contributed by atoms with van der Waals surface area (Å²) in [6.45, 7) is 1.69. The fourth-order valence-electron chi connectivity index (χ4n) is 3.31. The standard InChI is InChI=1S/C18H21N3OS/c1-21-9-8-19-18(21)17-15(6-4-10-22-17)20-11-13-12-23-16-7-3-2-5-14(13)16/h2-3,5,7-9,12,15,17,20H,4,6,10-11H2,1H3/t15-,17-/m0/s1. The zero-order chi connectivity index (χ0) is 15.6. The molecule has 0 saturated carbocycles. The molecular weight excluding hydrogens is 306 g/mol. The largest absolute Gasteiger partial charge is 0.369 e. The monoisotopic (exact) mass is 327 g/mol. The lowest BCUT2D eigenvalue weighted by molar-refractivity contribution is -0.0178. The molecule has 120 valence electrons. The van der Waals surface area contributed by atoms with Crippen molar-refractivity contribution in [2.45, 2.75) is 31.5 Å². The number of ether oxygens (including phenoxy) is 1. The van der Waals surface area contributed by atoms with E-state index in [-0.39, 0.29) is 6.10 Å². The molecule has 1 aliphatic heterocycles. The molecule has 1 N–H and O–H groups in total. The van der Waals surface area contributed by atoms with Crippen molar-refractivity contribution in [3.8, 4) is 0 Å². The summed E-state index contributed by atoms with van der Waals surface area (Å²) in [5, 5.41) is 7.33. The molecule has 1 aromatic carbocycles. The number of fused-ring (bicyclic) bond motifs is 1. The van der Waals surface area contributed by atoms with E-state index in [2.05, 4.69) is 44.5 Å². The average molecular weight is 327 g/mol. The molecule has 0 spiro atoms. The predicted molar refractivity (Wildman–Crippen MR) is 93.6 cm³/mol. The van der Waals surface area contributed by atoms with Gasteiger partial charge in [-0.15, -0.1) is 11.3 Å². The topological polar surface area (TPSA) is 39.1 Å². The first-order chi connectivity index (χ1) is 11.3. The lowest BCUT2D eigenvalue weighted by atomic mass is 10.0. The molecule has 0 aliphatic carbocycles. The summed E-state index contributed by atoms with van der Waals surface area (Å²) in [7, 11) is 2.03. The molecule has 0 amide bonds. The van der Waals surface area contributed by atoms with Gasteiger partial charge in [-0.25, -0.2) is 4.98 Å². The Bertz CT molecular complexity index is 794. The molecule has 5 heteroatoms. The van der Waals surface area contributed by atoms with E-state index in [1.54, 1.807) is 0 Å². The van der Waals surface area contributed by atoms with Gasteiger partial charge in [0.1, 0.15) is 11.9 Å². The maximum Gasteiger partial charge on any atom is 0.139 e. The minimum absolute atomic E-state index is 0.0358. The molecule has 0 unspecified atom stereocenters. The third-order valence-corrected chi connectivity index (χ3v) is 5.56. The Kier molecular flexibility index (Phi) is 4.16. The van der Waals surface area contributed by atoms with Crippen LogP contribution in [0.2, 0.25) is 0 Å². The van der Waals surface area contributed by atoms with Crippen LogP contribution >= 0.6 is 11.3 Å². The van der Waals surface area contributed by atoms with Gasteiger partial charge in [0.15, 0.2) is 0 Å². The third kappa shape index (κ3) is 2.92. The summed E-state index contributed by atoms with van der Waals surface area (Å²) in [4.78, 5) is 4.48. The number of nitrogens with one attached hydrogen (secondary N) is 1. The number of hydrogen-bond acceptors (Lipinski definition) is 4. The number of benzene rings is 1. The third-order valence-electron chi connectivity index (χ3n) is 4.55. The number of rotatable bonds is 4. The summed E-state index contributed by atoms with van der Waals surface area (Å²) in [5.41, 5.74) is 1.37. The highest BCUT2D eigenvalue weighted by Gasteiger charge is 2.29. The van der Waals surface area contributed by atoms with Crippen LogP contribution in [0.5, 0.6) is 0 Å². The lowest BCUT2D eigenvalue weighted by Gasteiger charge is -2.32. The van der Waals surface area contributed by atoms with Crippen LogP contribution < -0.4 is 5.32 Å². The SMILES string of the molecule is Cn1ccnc1[C@H]1OCCC[C@@H]1NCc1csc2ccccc12. The molecular formula is C18H21N3OS. The lowest BCUT2D eigenvalue weighted by Crippen LogP contribution is -2.40. The van der Waals surface area contributed by atoms with Crippen molar-refractivity contribution in [3.63, 3.8) is 0 Å². The number of hydrogen-bond donors (Lipinski definition) is 1. The van der Waals surface area contributed by atoms with Crippen molar-refractivity contribution in [2.75, 3.05) is 6.61 Å². The Morgan fingerprint density at radius 1 is 1.39 bits per heavy atom. The molecule has 2 atom stereocenters. The normalized spacial score (nSPS) is 21.8. The summed E-state index contributed by atoms with van der Waals surface area (Å²) in [6.07, 6.45) is 6.09. The van der Waals surface area contributed by atoms with Gasteiger partial charge in [0, 0.05) is 43.3 Å². The van der Waals surface area contributed by atoms with Crippen LogP contribution in [-0.4, -0.2) is 22.2 Å². The zero-order valence-corrected chi connectivity index (χ0v) is 14.1. The maximum absolute atomic E-state index is 6.03. The van der Waals surface area contributed by atoms with Crippen molar-refractivity contribution in [1.82, 2.24) is 14.9 Å². The summed E-state index contributed by atoms with van der Waals surface area (Å²) >= 11 is 1.81. The van der Waals surface area contributed by atoms with E-state index in [1.165, 1.54) is 15.6 Å². The molecule has 23 heavy (non-hydrogen) atoms. The van der Waals surface area contributed by atoms with E-state index >= 15 is 0 Å². The number of aryl methyl sites for hydroxylation is 1. The Morgan fingerprint density at radius 2 is 2.30 bits per heavy atom. The molecule has 0 radical (unpaired) electrons. The fourth-order valence-corrected chi connectivity index (χ4v) is 4.27. The van der Waals surface area contributed by atoms with E-state index in [0.29, 0.717) is 6.04 Å². The Morgan fingerprint density at radius 3 is 3.17 bits per heavy atom. The van der Waals surface area contributed by atoms with Gasteiger partial charge < -0.3 is 14.6 Å². The van der Waals surface area contributed by atoms with Gasteiger partial charge >= 0.3 is 0 Å². The van der Waals surface area contributed by atoms with E-state index in [9.17, 15) is 0 Å². The van der Waals surface area contributed by atoms with Crippen molar-refractivity contribution in [1.29, 1.82) is 0 Å². The maximum atomic E-state index is 6.03. The Hall–Kier alpha value is -1.69. The molecule has 3 heterocycles. The van der Waals surface area contributed by atoms with Crippen molar-refractivity contribution in [2.24, 2.45) is 7.05 Å². The first-order valence-corrected chi connectivity index (χ1v) is 8.98.